The van der Waals surface area contributed by atoms with E-state index in [2.05, 4.69) is 10.0 Å². The topological polar surface area (TPSA) is 78.4 Å². The van der Waals surface area contributed by atoms with Gasteiger partial charge in [-0.1, -0.05) is 43.3 Å². The molecule has 0 aliphatic rings. The molecular formula is C26H27F5N2O3S. The van der Waals surface area contributed by atoms with Crippen LogP contribution in [0.15, 0.2) is 71.6 Å². The van der Waals surface area contributed by atoms with E-state index < -0.39 is 50.4 Å². The van der Waals surface area contributed by atoms with E-state index in [1.54, 1.807) is 0 Å². The van der Waals surface area contributed by atoms with Crippen molar-refractivity contribution in [3.05, 3.63) is 101 Å². The van der Waals surface area contributed by atoms with Crippen LogP contribution in [0.2, 0.25) is 0 Å². The van der Waals surface area contributed by atoms with Crippen LogP contribution in [0, 0.1) is 11.6 Å². The van der Waals surface area contributed by atoms with Crippen LogP contribution in [-0.4, -0.2) is 32.2 Å². The van der Waals surface area contributed by atoms with Crippen molar-refractivity contribution in [2.75, 3.05) is 6.54 Å². The standard InChI is InChI=1S/C26H27F5N2O3S/c1-2-17-6-5-7-18(10-17)15-32-16-24(34)23(13-19-11-20(27)14-21(28)12-19)33-37(35,36)25-9-4-3-8-22(25)26(29,30)31/h3-12,14,23-24,32-34H,2,13,15-16H2,1H3. The number of nitrogens with one attached hydrogen (secondary N) is 2. The van der Waals surface area contributed by atoms with Gasteiger partial charge in [-0.05, 0) is 53.8 Å². The largest absolute Gasteiger partial charge is 0.417 e. The molecule has 3 aromatic rings. The molecule has 11 heteroatoms. The Labute approximate surface area is 212 Å². The SMILES string of the molecule is CCc1cccc(CNCC(O)C(Cc2cc(F)cc(F)c2)NS(=O)(=O)c2ccccc2C(F)(F)F)c1. The number of aryl methyl sites for hydroxylation is 1. The third-order valence-electron chi connectivity index (χ3n) is 5.71. The molecule has 37 heavy (non-hydrogen) atoms. The Morgan fingerprint density at radius 2 is 1.54 bits per heavy atom. The minimum atomic E-state index is -4.94. The summed E-state index contributed by atoms with van der Waals surface area (Å²) in [6, 6.07) is 12.4. The number of aliphatic hydroxyl groups excluding tert-OH is 1. The summed E-state index contributed by atoms with van der Waals surface area (Å²) >= 11 is 0. The van der Waals surface area contributed by atoms with Gasteiger partial charge in [0.15, 0.2) is 0 Å². The van der Waals surface area contributed by atoms with Crippen molar-refractivity contribution >= 4 is 10.0 Å². The predicted octanol–water partition coefficient (Wildman–Crippen LogP) is 4.59. The van der Waals surface area contributed by atoms with Crippen LogP contribution in [0.5, 0.6) is 0 Å². The van der Waals surface area contributed by atoms with Gasteiger partial charge < -0.3 is 10.4 Å². The van der Waals surface area contributed by atoms with E-state index in [1.807, 2.05) is 31.2 Å². The average molecular weight is 543 g/mol. The Kier molecular flexibility index (Phi) is 9.41. The molecule has 2 atom stereocenters. The summed E-state index contributed by atoms with van der Waals surface area (Å²) in [4.78, 5) is -1.02. The maximum atomic E-state index is 13.7. The lowest BCUT2D eigenvalue weighted by atomic mass is 10.0. The lowest BCUT2D eigenvalue weighted by molar-refractivity contribution is -0.139. The second-order valence-corrected chi connectivity index (χ2v) is 10.3. The fourth-order valence-electron chi connectivity index (χ4n) is 3.90. The summed E-state index contributed by atoms with van der Waals surface area (Å²) in [6.45, 7) is 2.18. The molecular weight excluding hydrogens is 515 g/mol. The molecule has 200 valence electrons. The number of benzene rings is 3. The van der Waals surface area contributed by atoms with Gasteiger partial charge in [-0.2, -0.15) is 13.2 Å². The van der Waals surface area contributed by atoms with Gasteiger partial charge in [0.1, 0.15) is 11.6 Å². The van der Waals surface area contributed by atoms with Gasteiger partial charge in [0.25, 0.3) is 0 Å². The zero-order valence-electron chi connectivity index (χ0n) is 19.9. The molecule has 0 bridgehead atoms. The van der Waals surface area contributed by atoms with Crippen LogP contribution in [0.1, 0.15) is 29.2 Å². The molecule has 0 saturated heterocycles. The lowest BCUT2D eigenvalue weighted by Crippen LogP contribution is -2.48. The van der Waals surface area contributed by atoms with E-state index in [0.717, 1.165) is 47.9 Å². The number of hydrogen-bond acceptors (Lipinski definition) is 4. The molecule has 0 heterocycles. The summed E-state index contributed by atoms with van der Waals surface area (Å²) in [5.41, 5.74) is 0.655. The van der Waals surface area contributed by atoms with Gasteiger partial charge in [-0.15, -0.1) is 0 Å². The zero-order valence-corrected chi connectivity index (χ0v) is 20.7. The molecule has 0 aromatic heterocycles. The number of hydrogen-bond donors (Lipinski definition) is 3. The second-order valence-electron chi connectivity index (χ2n) is 8.58. The summed E-state index contributed by atoms with van der Waals surface area (Å²) in [7, 11) is -4.79. The van der Waals surface area contributed by atoms with Gasteiger partial charge in [0, 0.05) is 19.2 Å². The van der Waals surface area contributed by atoms with Crippen molar-refractivity contribution in [1.29, 1.82) is 0 Å². The molecule has 2 unspecified atom stereocenters. The van der Waals surface area contributed by atoms with Crippen molar-refractivity contribution < 1.29 is 35.5 Å². The maximum Gasteiger partial charge on any atom is 0.417 e. The van der Waals surface area contributed by atoms with E-state index >= 15 is 0 Å². The number of halogens is 5. The van der Waals surface area contributed by atoms with E-state index in [1.165, 1.54) is 0 Å². The van der Waals surface area contributed by atoms with Crippen LogP contribution in [0.4, 0.5) is 22.0 Å². The van der Waals surface area contributed by atoms with E-state index in [0.29, 0.717) is 18.7 Å². The molecule has 0 aliphatic heterocycles. The molecule has 3 rings (SSSR count). The van der Waals surface area contributed by atoms with E-state index in [9.17, 15) is 35.5 Å². The minimum absolute atomic E-state index is 0.0176. The van der Waals surface area contributed by atoms with Crippen LogP contribution in [-0.2, 0) is 35.6 Å². The van der Waals surface area contributed by atoms with Crippen molar-refractivity contribution in [3.63, 3.8) is 0 Å². The molecule has 5 nitrogen and oxygen atoms in total. The Bertz CT molecular complexity index is 1300. The molecule has 0 radical (unpaired) electrons. The monoisotopic (exact) mass is 542 g/mol. The summed E-state index contributed by atoms with van der Waals surface area (Å²) in [6.07, 6.45) is -5.95. The van der Waals surface area contributed by atoms with Crippen molar-refractivity contribution in [3.8, 4) is 0 Å². The Morgan fingerprint density at radius 1 is 0.892 bits per heavy atom. The molecule has 0 amide bonds. The van der Waals surface area contributed by atoms with Crippen LogP contribution in [0.3, 0.4) is 0 Å². The molecule has 0 aliphatic carbocycles. The first-order valence-corrected chi connectivity index (χ1v) is 13.0. The highest BCUT2D eigenvalue weighted by atomic mass is 32.2. The lowest BCUT2D eigenvalue weighted by Gasteiger charge is -2.25. The van der Waals surface area contributed by atoms with Crippen LogP contribution >= 0.6 is 0 Å². The zero-order chi connectivity index (χ0) is 27.2. The molecule has 3 N–H and O–H groups in total. The van der Waals surface area contributed by atoms with Gasteiger partial charge in [-0.3, -0.25) is 0 Å². The molecule has 0 spiro atoms. The van der Waals surface area contributed by atoms with Gasteiger partial charge in [0.05, 0.1) is 22.6 Å². The Balaban J connectivity index is 1.84. The van der Waals surface area contributed by atoms with Gasteiger partial charge >= 0.3 is 6.18 Å². The normalized spacial score (nSPS) is 13.9. The van der Waals surface area contributed by atoms with Crippen molar-refractivity contribution in [2.45, 2.75) is 49.5 Å². The molecule has 3 aromatic carbocycles. The number of alkyl halides is 3. The molecule has 0 saturated carbocycles. The van der Waals surface area contributed by atoms with Crippen LogP contribution in [0.25, 0.3) is 0 Å². The minimum Gasteiger partial charge on any atom is -0.390 e. The Hall–Kier alpha value is -2.86. The highest BCUT2D eigenvalue weighted by molar-refractivity contribution is 7.89. The third-order valence-corrected chi connectivity index (χ3v) is 7.26. The fourth-order valence-corrected chi connectivity index (χ4v) is 5.40. The van der Waals surface area contributed by atoms with Gasteiger partial charge in [-0.25, -0.2) is 21.9 Å². The number of rotatable bonds is 11. The average Bonchev–Trinajstić information content (AvgIpc) is 2.82. The van der Waals surface area contributed by atoms with Crippen molar-refractivity contribution in [1.82, 2.24) is 10.0 Å². The highest BCUT2D eigenvalue weighted by Gasteiger charge is 2.38. The first-order chi connectivity index (χ1) is 17.4. The number of aliphatic hydroxyl groups is 1. The van der Waals surface area contributed by atoms with Crippen LogP contribution < -0.4 is 10.0 Å². The highest BCUT2D eigenvalue weighted by Crippen LogP contribution is 2.34. The first-order valence-electron chi connectivity index (χ1n) is 11.5. The summed E-state index contributed by atoms with van der Waals surface area (Å²) in [5.74, 6) is -1.83. The number of sulfonamides is 1. The first kappa shape index (κ1) is 28.7. The quantitative estimate of drug-likeness (QED) is 0.310. The van der Waals surface area contributed by atoms with Gasteiger partial charge in [0.2, 0.25) is 10.0 Å². The Morgan fingerprint density at radius 3 is 2.19 bits per heavy atom. The summed E-state index contributed by atoms with van der Waals surface area (Å²) in [5, 5.41) is 13.8. The fraction of sp³-hybridized carbons (Fsp3) is 0.308. The van der Waals surface area contributed by atoms with Crippen molar-refractivity contribution in [2.24, 2.45) is 0 Å². The third kappa shape index (κ3) is 8.06. The van der Waals surface area contributed by atoms with E-state index in [-0.39, 0.29) is 18.5 Å². The second kappa shape index (κ2) is 12.1. The molecule has 0 fully saturated rings. The maximum absolute atomic E-state index is 13.7. The smallest absolute Gasteiger partial charge is 0.390 e. The summed E-state index contributed by atoms with van der Waals surface area (Å²) < 4.78 is 96.0. The predicted molar refractivity (Wildman–Crippen MR) is 129 cm³/mol. The van der Waals surface area contributed by atoms with E-state index in [4.69, 9.17) is 0 Å².